The first kappa shape index (κ1) is 19.0. The summed E-state index contributed by atoms with van der Waals surface area (Å²) < 4.78 is 5.14. The van der Waals surface area contributed by atoms with Gasteiger partial charge in [-0.25, -0.2) is 0 Å². The summed E-state index contributed by atoms with van der Waals surface area (Å²) in [6, 6.07) is 17.8. The number of anilines is 1. The fourth-order valence-corrected chi connectivity index (χ4v) is 2.56. The summed E-state index contributed by atoms with van der Waals surface area (Å²) in [6.07, 6.45) is 0.996. The minimum absolute atomic E-state index is 0.0501. The van der Waals surface area contributed by atoms with Gasteiger partial charge in [-0.1, -0.05) is 36.4 Å². The van der Waals surface area contributed by atoms with Gasteiger partial charge in [0.2, 0.25) is 5.91 Å². The molecule has 0 saturated carbocycles. The fraction of sp³-hybridized carbons (Fsp3) is 0.350. The van der Waals surface area contributed by atoms with Crippen molar-refractivity contribution in [2.45, 2.75) is 13.0 Å². The molecule has 2 rings (SSSR count). The number of methoxy groups -OCH3 is 1. The first-order chi connectivity index (χ1) is 12.2. The Kier molecular flexibility index (Phi) is 7.95. The first-order valence-electron chi connectivity index (χ1n) is 8.54. The zero-order chi connectivity index (χ0) is 17.9. The van der Waals surface area contributed by atoms with Crippen molar-refractivity contribution >= 4 is 11.6 Å². The average molecular weight is 341 g/mol. The van der Waals surface area contributed by atoms with Crippen LogP contribution in [0.25, 0.3) is 0 Å². The Labute approximate surface area is 150 Å². The van der Waals surface area contributed by atoms with E-state index in [1.165, 1.54) is 5.56 Å². The molecule has 5 nitrogen and oxygen atoms in total. The lowest BCUT2D eigenvalue weighted by molar-refractivity contribution is -0.115. The maximum Gasteiger partial charge on any atom is 0.238 e. The quantitative estimate of drug-likeness (QED) is 0.653. The van der Waals surface area contributed by atoms with Gasteiger partial charge in [0.15, 0.2) is 0 Å². The zero-order valence-corrected chi connectivity index (χ0v) is 15.0. The normalized spacial score (nSPS) is 10.7. The summed E-state index contributed by atoms with van der Waals surface area (Å²) in [5.74, 6) is 0.679. The number of carbonyl (C=O) groups excluding carboxylic acids is 1. The van der Waals surface area contributed by atoms with Crippen molar-refractivity contribution < 1.29 is 9.53 Å². The molecule has 134 valence electrons. The van der Waals surface area contributed by atoms with E-state index in [-0.39, 0.29) is 5.91 Å². The molecule has 0 aliphatic heterocycles. The lowest BCUT2D eigenvalue weighted by atomic mass is 10.2. The predicted molar refractivity (Wildman–Crippen MR) is 102 cm³/mol. The minimum atomic E-state index is -0.0501. The third-order valence-corrected chi connectivity index (χ3v) is 3.83. The highest BCUT2D eigenvalue weighted by molar-refractivity contribution is 5.92. The number of rotatable bonds is 10. The molecule has 0 atom stereocenters. The van der Waals surface area contributed by atoms with Crippen molar-refractivity contribution in [1.82, 2.24) is 10.2 Å². The van der Waals surface area contributed by atoms with E-state index >= 15 is 0 Å². The largest absolute Gasteiger partial charge is 0.497 e. The van der Waals surface area contributed by atoms with Crippen molar-refractivity contribution in [3.63, 3.8) is 0 Å². The van der Waals surface area contributed by atoms with Crippen LogP contribution in [-0.2, 0) is 11.3 Å². The molecule has 2 aromatic rings. The van der Waals surface area contributed by atoms with Gasteiger partial charge >= 0.3 is 0 Å². The standard InChI is InChI=1S/C20H27N3O2/c1-23(16-17-8-4-3-5-9-17)13-7-12-21-15-20(24)22-18-10-6-11-19(14-18)25-2/h3-6,8-11,14,21H,7,12-13,15-16H2,1-2H3,(H,22,24). The molecule has 0 spiro atoms. The van der Waals surface area contributed by atoms with Crippen LogP contribution in [0.5, 0.6) is 5.75 Å². The molecule has 25 heavy (non-hydrogen) atoms. The lowest BCUT2D eigenvalue weighted by Gasteiger charge is -2.16. The molecule has 0 aliphatic rings. The number of carbonyl (C=O) groups is 1. The number of nitrogens with zero attached hydrogens (tertiary/aromatic N) is 1. The van der Waals surface area contributed by atoms with Crippen molar-refractivity contribution in [3.8, 4) is 5.75 Å². The second-order valence-electron chi connectivity index (χ2n) is 6.03. The SMILES string of the molecule is COc1cccc(NC(=O)CNCCCN(C)Cc2ccccc2)c1. The van der Waals surface area contributed by atoms with Crippen LogP contribution in [0, 0.1) is 0 Å². The Morgan fingerprint density at radius 2 is 1.92 bits per heavy atom. The average Bonchev–Trinajstić information content (AvgIpc) is 2.62. The maximum absolute atomic E-state index is 11.9. The molecule has 0 aliphatic carbocycles. The molecule has 2 N–H and O–H groups in total. The van der Waals surface area contributed by atoms with Gasteiger partial charge in [-0.05, 0) is 44.3 Å². The monoisotopic (exact) mass is 341 g/mol. The van der Waals surface area contributed by atoms with E-state index in [0.29, 0.717) is 6.54 Å². The van der Waals surface area contributed by atoms with Gasteiger partial charge in [0.1, 0.15) is 5.75 Å². The number of nitrogens with one attached hydrogen (secondary N) is 2. The van der Waals surface area contributed by atoms with Crippen LogP contribution in [0.4, 0.5) is 5.69 Å². The Bertz CT molecular complexity index is 646. The Morgan fingerprint density at radius 1 is 1.12 bits per heavy atom. The van der Waals surface area contributed by atoms with Crippen LogP contribution in [0.3, 0.4) is 0 Å². The summed E-state index contributed by atoms with van der Waals surface area (Å²) in [4.78, 5) is 14.2. The smallest absolute Gasteiger partial charge is 0.238 e. The van der Waals surface area contributed by atoms with Gasteiger partial charge in [-0.2, -0.15) is 0 Å². The van der Waals surface area contributed by atoms with E-state index < -0.39 is 0 Å². The summed E-state index contributed by atoms with van der Waals surface area (Å²) in [5.41, 5.74) is 2.06. The molecule has 2 aromatic carbocycles. The number of hydrogen-bond donors (Lipinski definition) is 2. The molecule has 0 heterocycles. The van der Waals surface area contributed by atoms with Gasteiger partial charge < -0.3 is 20.3 Å². The number of amides is 1. The number of ether oxygens (including phenoxy) is 1. The van der Waals surface area contributed by atoms with Crippen molar-refractivity contribution in [3.05, 3.63) is 60.2 Å². The zero-order valence-electron chi connectivity index (χ0n) is 15.0. The topological polar surface area (TPSA) is 53.6 Å². The van der Waals surface area contributed by atoms with Crippen LogP contribution >= 0.6 is 0 Å². The molecule has 5 heteroatoms. The Balaban J connectivity index is 1.58. The van der Waals surface area contributed by atoms with Gasteiger partial charge in [0.25, 0.3) is 0 Å². The van der Waals surface area contributed by atoms with Crippen LogP contribution in [0.15, 0.2) is 54.6 Å². The fourth-order valence-electron chi connectivity index (χ4n) is 2.56. The van der Waals surface area contributed by atoms with Crippen molar-refractivity contribution in [2.24, 2.45) is 0 Å². The van der Waals surface area contributed by atoms with E-state index in [1.807, 2.05) is 24.3 Å². The minimum Gasteiger partial charge on any atom is -0.497 e. The summed E-state index contributed by atoms with van der Waals surface area (Å²) in [6.45, 7) is 3.04. The van der Waals surface area contributed by atoms with Gasteiger partial charge in [0, 0.05) is 18.3 Å². The highest BCUT2D eigenvalue weighted by Gasteiger charge is 2.03. The van der Waals surface area contributed by atoms with Crippen LogP contribution in [0.1, 0.15) is 12.0 Å². The summed E-state index contributed by atoms with van der Waals surface area (Å²) in [7, 11) is 3.72. The molecule has 0 bridgehead atoms. The predicted octanol–water partition coefficient (Wildman–Crippen LogP) is 2.75. The molecule has 0 aromatic heterocycles. The van der Waals surface area contributed by atoms with Crippen LogP contribution < -0.4 is 15.4 Å². The Hall–Kier alpha value is -2.37. The van der Waals surface area contributed by atoms with E-state index in [1.54, 1.807) is 13.2 Å². The van der Waals surface area contributed by atoms with E-state index in [4.69, 9.17) is 4.74 Å². The highest BCUT2D eigenvalue weighted by Crippen LogP contribution is 2.16. The summed E-state index contributed by atoms with van der Waals surface area (Å²) in [5, 5.41) is 6.04. The van der Waals surface area contributed by atoms with E-state index in [2.05, 4.69) is 46.8 Å². The number of benzene rings is 2. The summed E-state index contributed by atoms with van der Waals surface area (Å²) >= 11 is 0. The van der Waals surface area contributed by atoms with E-state index in [0.717, 1.165) is 37.5 Å². The molecular weight excluding hydrogens is 314 g/mol. The molecular formula is C20H27N3O2. The van der Waals surface area contributed by atoms with Crippen LogP contribution in [-0.4, -0.2) is 44.6 Å². The second-order valence-corrected chi connectivity index (χ2v) is 6.03. The molecule has 0 fully saturated rings. The third-order valence-electron chi connectivity index (χ3n) is 3.83. The second kappa shape index (κ2) is 10.5. The van der Waals surface area contributed by atoms with Gasteiger partial charge in [-0.3, -0.25) is 4.79 Å². The van der Waals surface area contributed by atoms with Crippen molar-refractivity contribution in [1.29, 1.82) is 0 Å². The van der Waals surface area contributed by atoms with Gasteiger partial charge in [0.05, 0.1) is 13.7 Å². The molecule has 0 unspecified atom stereocenters. The highest BCUT2D eigenvalue weighted by atomic mass is 16.5. The van der Waals surface area contributed by atoms with Crippen LogP contribution in [0.2, 0.25) is 0 Å². The first-order valence-corrected chi connectivity index (χ1v) is 8.54. The Morgan fingerprint density at radius 3 is 2.68 bits per heavy atom. The van der Waals surface area contributed by atoms with E-state index in [9.17, 15) is 4.79 Å². The molecule has 1 amide bonds. The lowest BCUT2D eigenvalue weighted by Crippen LogP contribution is -2.30. The molecule has 0 radical (unpaired) electrons. The van der Waals surface area contributed by atoms with Crippen molar-refractivity contribution in [2.75, 3.05) is 39.1 Å². The number of hydrogen-bond acceptors (Lipinski definition) is 4. The maximum atomic E-state index is 11.9. The molecule has 0 saturated heterocycles. The van der Waals surface area contributed by atoms with Gasteiger partial charge in [-0.15, -0.1) is 0 Å². The third kappa shape index (κ3) is 7.37.